The van der Waals surface area contributed by atoms with Crippen LogP contribution in [0.5, 0.6) is 0 Å². The fraction of sp³-hybridized carbons (Fsp3) is 0.238. The molecule has 2 aromatic carbocycles. The molecule has 0 bridgehead atoms. The van der Waals surface area contributed by atoms with Gasteiger partial charge in [0.05, 0.1) is 12.2 Å². The Morgan fingerprint density at radius 2 is 1.90 bits per heavy atom. The van der Waals surface area contributed by atoms with E-state index in [0.717, 1.165) is 35.9 Å². The second-order valence-corrected chi connectivity index (χ2v) is 8.22. The maximum atomic E-state index is 13.1. The van der Waals surface area contributed by atoms with Gasteiger partial charge >= 0.3 is 6.03 Å². The number of halogens is 2. The lowest BCUT2D eigenvalue weighted by molar-refractivity contribution is 0.143. The first kappa shape index (κ1) is 19.8. The van der Waals surface area contributed by atoms with Crippen LogP contribution in [-0.4, -0.2) is 47.0 Å². The molecule has 1 saturated heterocycles. The third-order valence-corrected chi connectivity index (χ3v) is 5.85. The molecule has 0 atom stereocenters. The Morgan fingerprint density at radius 3 is 2.62 bits per heavy atom. The van der Waals surface area contributed by atoms with Gasteiger partial charge in [-0.2, -0.15) is 0 Å². The van der Waals surface area contributed by atoms with Crippen LogP contribution in [0.15, 0.2) is 53.9 Å². The number of piperazine rings is 1. The van der Waals surface area contributed by atoms with Gasteiger partial charge < -0.3 is 10.2 Å². The molecule has 2 heterocycles. The van der Waals surface area contributed by atoms with Crippen LogP contribution in [0, 0.1) is 5.82 Å². The number of amides is 2. The van der Waals surface area contributed by atoms with Gasteiger partial charge in [0, 0.05) is 47.8 Å². The minimum absolute atomic E-state index is 0.111. The lowest BCUT2D eigenvalue weighted by Gasteiger charge is -2.34. The summed E-state index contributed by atoms with van der Waals surface area (Å²) >= 11 is 7.57. The van der Waals surface area contributed by atoms with Crippen molar-refractivity contribution in [2.24, 2.45) is 0 Å². The standard InChI is InChI=1S/C21H20ClFN4OS/c22-16-2-1-3-18(12-16)24-21(28)27-10-8-26(9-11-27)13-20-25-19(14-29-20)15-4-6-17(23)7-5-15/h1-7,12,14H,8-11,13H2,(H,24,28). The summed E-state index contributed by atoms with van der Waals surface area (Å²) in [5.41, 5.74) is 2.47. The van der Waals surface area contributed by atoms with Crippen LogP contribution < -0.4 is 5.32 Å². The van der Waals surface area contributed by atoms with Crippen molar-refractivity contribution in [3.05, 3.63) is 69.8 Å². The van der Waals surface area contributed by atoms with Crippen molar-refractivity contribution in [2.45, 2.75) is 6.54 Å². The molecular formula is C21H20ClFN4OS. The van der Waals surface area contributed by atoms with Crippen LogP contribution in [0.2, 0.25) is 5.02 Å². The normalized spacial score (nSPS) is 14.8. The van der Waals surface area contributed by atoms with Crippen LogP contribution in [0.3, 0.4) is 0 Å². The zero-order chi connectivity index (χ0) is 20.2. The fourth-order valence-electron chi connectivity index (χ4n) is 3.21. The van der Waals surface area contributed by atoms with Crippen LogP contribution in [0.25, 0.3) is 11.3 Å². The van der Waals surface area contributed by atoms with E-state index in [1.807, 2.05) is 22.4 Å². The van der Waals surface area contributed by atoms with Crippen molar-refractivity contribution >= 4 is 34.7 Å². The van der Waals surface area contributed by atoms with E-state index in [1.54, 1.807) is 35.6 Å². The van der Waals surface area contributed by atoms with E-state index >= 15 is 0 Å². The van der Waals surface area contributed by atoms with Crippen molar-refractivity contribution in [3.8, 4) is 11.3 Å². The molecule has 1 aromatic heterocycles. The molecule has 150 valence electrons. The molecule has 1 N–H and O–H groups in total. The number of benzene rings is 2. The third kappa shape index (κ3) is 5.12. The third-order valence-electron chi connectivity index (χ3n) is 4.79. The van der Waals surface area contributed by atoms with Crippen molar-refractivity contribution in [1.82, 2.24) is 14.8 Å². The molecule has 5 nitrogen and oxygen atoms in total. The second kappa shape index (κ2) is 8.90. The molecule has 0 aliphatic carbocycles. The summed E-state index contributed by atoms with van der Waals surface area (Å²) < 4.78 is 13.1. The molecule has 0 unspecified atom stereocenters. The average Bonchev–Trinajstić information content (AvgIpc) is 3.17. The van der Waals surface area contributed by atoms with Crippen molar-refractivity contribution in [2.75, 3.05) is 31.5 Å². The fourth-order valence-corrected chi connectivity index (χ4v) is 4.24. The second-order valence-electron chi connectivity index (χ2n) is 6.84. The van der Waals surface area contributed by atoms with E-state index in [0.29, 0.717) is 23.8 Å². The Hall–Kier alpha value is -2.48. The molecule has 29 heavy (non-hydrogen) atoms. The quantitative estimate of drug-likeness (QED) is 0.637. The number of urea groups is 1. The number of nitrogens with one attached hydrogen (secondary N) is 1. The predicted molar refractivity (Wildman–Crippen MR) is 115 cm³/mol. The maximum absolute atomic E-state index is 13.1. The molecule has 0 saturated carbocycles. The molecule has 1 aliphatic rings. The number of carbonyl (C=O) groups excluding carboxylic acids is 1. The SMILES string of the molecule is O=C(Nc1cccc(Cl)c1)N1CCN(Cc2nc(-c3ccc(F)cc3)cs2)CC1. The Kier molecular flexibility index (Phi) is 6.08. The summed E-state index contributed by atoms with van der Waals surface area (Å²) in [5, 5.41) is 6.50. The minimum Gasteiger partial charge on any atom is -0.322 e. The summed E-state index contributed by atoms with van der Waals surface area (Å²) in [4.78, 5) is 21.2. The monoisotopic (exact) mass is 430 g/mol. The topological polar surface area (TPSA) is 48.5 Å². The number of nitrogens with zero attached hydrogens (tertiary/aromatic N) is 3. The zero-order valence-electron chi connectivity index (χ0n) is 15.6. The number of carbonyl (C=O) groups is 1. The van der Waals surface area contributed by atoms with Crippen LogP contribution in [0.4, 0.5) is 14.9 Å². The van der Waals surface area contributed by atoms with Crippen LogP contribution in [-0.2, 0) is 6.54 Å². The highest BCUT2D eigenvalue weighted by Crippen LogP contribution is 2.23. The molecule has 8 heteroatoms. The van der Waals surface area contributed by atoms with Crippen molar-refractivity contribution in [1.29, 1.82) is 0 Å². The van der Waals surface area contributed by atoms with Crippen molar-refractivity contribution < 1.29 is 9.18 Å². The molecule has 0 spiro atoms. The van der Waals surface area contributed by atoms with E-state index in [4.69, 9.17) is 11.6 Å². The molecule has 4 rings (SSSR count). The Balaban J connectivity index is 1.29. The van der Waals surface area contributed by atoms with Gasteiger partial charge in [0.2, 0.25) is 0 Å². The summed E-state index contributed by atoms with van der Waals surface area (Å²) in [6, 6.07) is 13.4. The van der Waals surface area contributed by atoms with E-state index in [9.17, 15) is 9.18 Å². The first-order chi connectivity index (χ1) is 14.1. The molecule has 1 fully saturated rings. The predicted octanol–water partition coefficient (Wildman–Crippen LogP) is 4.95. The van der Waals surface area contributed by atoms with Gasteiger partial charge in [-0.05, 0) is 42.5 Å². The summed E-state index contributed by atoms with van der Waals surface area (Å²) in [5.74, 6) is -0.249. The average molecular weight is 431 g/mol. The van der Waals surface area contributed by atoms with Gasteiger partial charge in [0.25, 0.3) is 0 Å². The van der Waals surface area contributed by atoms with E-state index in [1.165, 1.54) is 12.1 Å². The summed E-state index contributed by atoms with van der Waals surface area (Å²) in [6.07, 6.45) is 0. The minimum atomic E-state index is -0.249. The maximum Gasteiger partial charge on any atom is 0.321 e. The van der Waals surface area contributed by atoms with Crippen molar-refractivity contribution in [3.63, 3.8) is 0 Å². The summed E-state index contributed by atoms with van der Waals surface area (Å²) in [6.45, 7) is 3.63. The highest BCUT2D eigenvalue weighted by molar-refractivity contribution is 7.09. The van der Waals surface area contributed by atoms with Crippen LogP contribution >= 0.6 is 22.9 Å². The molecule has 1 aliphatic heterocycles. The summed E-state index contributed by atoms with van der Waals surface area (Å²) in [7, 11) is 0. The lowest BCUT2D eigenvalue weighted by Crippen LogP contribution is -2.49. The smallest absolute Gasteiger partial charge is 0.321 e. The van der Waals surface area contributed by atoms with E-state index < -0.39 is 0 Å². The number of hydrogen-bond acceptors (Lipinski definition) is 4. The number of anilines is 1. The molecular weight excluding hydrogens is 411 g/mol. The number of thiazole rings is 1. The van der Waals surface area contributed by atoms with Gasteiger partial charge in [0.1, 0.15) is 10.8 Å². The van der Waals surface area contributed by atoms with Gasteiger partial charge in [-0.15, -0.1) is 11.3 Å². The van der Waals surface area contributed by atoms with Gasteiger partial charge in [-0.25, -0.2) is 14.2 Å². The van der Waals surface area contributed by atoms with Gasteiger partial charge in [0.15, 0.2) is 0 Å². The number of hydrogen-bond donors (Lipinski definition) is 1. The molecule has 2 amide bonds. The largest absolute Gasteiger partial charge is 0.322 e. The Morgan fingerprint density at radius 1 is 1.14 bits per heavy atom. The first-order valence-corrected chi connectivity index (χ1v) is 10.6. The molecule has 0 radical (unpaired) electrons. The highest BCUT2D eigenvalue weighted by atomic mass is 35.5. The Bertz CT molecular complexity index is 986. The zero-order valence-corrected chi connectivity index (χ0v) is 17.2. The number of aromatic nitrogens is 1. The lowest BCUT2D eigenvalue weighted by atomic mass is 10.2. The van der Waals surface area contributed by atoms with Crippen LogP contribution in [0.1, 0.15) is 5.01 Å². The molecule has 3 aromatic rings. The first-order valence-electron chi connectivity index (χ1n) is 9.31. The Labute approximate surface area is 177 Å². The van der Waals surface area contributed by atoms with Gasteiger partial charge in [-0.3, -0.25) is 4.90 Å². The van der Waals surface area contributed by atoms with E-state index in [2.05, 4.69) is 15.2 Å². The van der Waals surface area contributed by atoms with E-state index in [-0.39, 0.29) is 11.8 Å². The van der Waals surface area contributed by atoms with Gasteiger partial charge in [-0.1, -0.05) is 17.7 Å². The number of rotatable bonds is 4. The highest BCUT2D eigenvalue weighted by Gasteiger charge is 2.22.